The monoisotopic (exact) mass is 265 g/mol. The van der Waals surface area contributed by atoms with Crippen molar-refractivity contribution in [2.24, 2.45) is 0 Å². The van der Waals surface area contributed by atoms with Gasteiger partial charge in [-0.3, -0.25) is 4.79 Å². The Morgan fingerprint density at radius 3 is 2.67 bits per heavy atom. The molecule has 1 aromatic rings. The van der Waals surface area contributed by atoms with Gasteiger partial charge in [0.25, 0.3) is 0 Å². The number of hydrogen-bond acceptors (Lipinski definition) is 1. The molecule has 1 rings (SSSR count). The lowest BCUT2D eigenvalue weighted by Gasteiger charge is -1.96. The van der Waals surface area contributed by atoms with Crippen molar-refractivity contribution in [3.63, 3.8) is 0 Å². The Balaban J connectivity index is 2.53. The molecule has 3 heteroatoms. The van der Waals surface area contributed by atoms with Gasteiger partial charge in [-0.25, -0.2) is 0 Å². The standard InChI is InChI=1S/C12H12BrNO/c1-2-9-14-12(15)8-5-10-3-6-11(13)7-4-10/h2-8H,1,9H2,(H,14,15)/b8-5-. The van der Waals surface area contributed by atoms with Crippen LogP contribution in [-0.2, 0) is 4.79 Å². The zero-order valence-corrected chi connectivity index (χ0v) is 9.83. The van der Waals surface area contributed by atoms with E-state index in [1.54, 1.807) is 12.2 Å². The molecule has 0 saturated heterocycles. The average molecular weight is 266 g/mol. The van der Waals surface area contributed by atoms with Gasteiger partial charge in [0.05, 0.1) is 0 Å². The van der Waals surface area contributed by atoms with Crippen LogP contribution in [0.4, 0.5) is 0 Å². The van der Waals surface area contributed by atoms with Gasteiger partial charge < -0.3 is 5.32 Å². The van der Waals surface area contributed by atoms with Crippen LogP contribution in [0.3, 0.4) is 0 Å². The summed E-state index contributed by atoms with van der Waals surface area (Å²) < 4.78 is 1.02. The van der Waals surface area contributed by atoms with E-state index in [1.807, 2.05) is 24.3 Å². The molecule has 1 aromatic carbocycles. The summed E-state index contributed by atoms with van der Waals surface area (Å²) in [6, 6.07) is 7.73. The van der Waals surface area contributed by atoms with E-state index in [-0.39, 0.29) is 5.91 Å². The maximum absolute atomic E-state index is 11.2. The molecule has 78 valence electrons. The maximum Gasteiger partial charge on any atom is 0.244 e. The van der Waals surface area contributed by atoms with E-state index in [4.69, 9.17) is 0 Å². The molecule has 0 fully saturated rings. The summed E-state index contributed by atoms with van der Waals surface area (Å²) in [5.41, 5.74) is 0.993. The molecule has 0 aliphatic rings. The minimum Gasteiger partial charge on any atom is -0.349 e. The summed E-state index contributed by atoms with van der Waals surface area (Å²) in [5, 5.41) is 2.66. The van der Waals surface area contributed by atoms with Gasteiger partial charge >= 0.3 is 0 Å². The van der Waals surface area contributed by atoms with Crippen molar-refractivity contribution in [1.82, 2.24) is 5.32 Å². The summed E-state index contributed by atoms with van der Waals surface area (Å²) in [4.78, 5) is 11.2. The fraction of sp³-hybridized carbons (Fsp3) is 0.0833. The molecule has 1 amide bonds. The van der Waals surface area contributed by atoms with E-state index in [1.165, 1.54) is 6.08 Å². The zero-order valence-electron chi connectivity index (χ0n) is 8.24. The van der Waals surface area contributed by atoms with Gasteiger partial charge in [-0.2, -0.15) is 0 Å². The Bertz CT molecular complexity index is 368. The van der Waals surface area contributed by atoms with Crippen molar-refractivity contribution in [3.05, 3.63) is 53.0 Å². The first-order valence-corrected chi connectivity index (χ1v) is 5.34. The van der Waals surface area contributed by atoms with Crippen LogP contribution in [0.5, 0.6) is 0 Å². The van der Waals surface area contributed by atoms with Crippen LogP contribution in [0.2, 0.25) is 0 Å². The molecule has 0 spiro atoms. The van der Waals surface area contributed by atoms with E-state index in [9.17, 15) is 4.79 Å². The molecule has 0 radical (unpaired) electrons. The third-order valence-corrected chi connectivity index (χ3v) is 2.25. The van der Waals surface area contributed by atoms with E-state index in [0.29, 0.717) is 6.54 Å². The molecule has 0 saturated carbocycles. The predicted molar refractivity (Wildman–Crippen MR) is 66.4 cm³/mol. The largest absolute Gasteiger partial charge is 0.349 e. The Morgan fingerprint density at radius 1 is 1.40 bits per heavy atom. The van der Waals surface area contributed by atoms with Gasteiger partial charge in [-0.15, -0.1) is 6.58 Å². The first-order chi connectivity index (χ1) is 7.22. The number of carbonyl (C=O) groups is 1. The number of rotatable bonds is 4. The molecule has 2 nitrogen and oxygen atoms in total. The molecular weight excluding hydrogens is 254 g/mol. The van der Waals surface area contributed by atoms with Crippen LogP contribution in [0.1, 0.15) is 5.56 Å². The number of halogens is 1. The third-order valence-electron chi connectivity index (χ3n) is 1.72. The zero-order chi connectivity index (χ0) is 11.1. The summed E-state index contributed by atoms with van der Waals surface area (Å²) in [6.45, 7) is 4.01. The van der Waals surface area contributed by atoms with Gasteiger partial charge in [0.1, 0.15) is 0 Å². The fourth-order valence-corrected chi connectivity index (χ4v) is 1.24. The van der Waals surface area contributed by atoms with Crippen LogP contribution >= 0.6 is 15.9 Å². The molecule has 0 aliphatic carbocycles. The van der Waals surface area contributed by atoms with Crippen molar-refractivity contribution >= 4 is 27.9 Å². The van der Waals surface area contributed by atoms with Gasteiger partial charge in [0.15, 0.2) is 0 Å². The van der Waals surface area contributed by atoms with Crippen molar-refractivity contribution in [3.8, 4) is 0 Å². The van der Waals surface area contributed by atoms with Gasteiger partial charge in [-0.05, 0) is 23.8 Å². The molecular formula is C12H12BrNO. The lowest BCUT2D eigenvalue weighted by Crippen LogP contribution is -2.20. The first kappa shape index (κ1) is 11.7. The van der Waals surface area contributed by atoms with E-state index in [2.05, 4.69) is 27.8 Å². The molecule has 0 aliphatic heterocycles. The minimum atomic E-state index is -0.113. The van der Waals surface area contributed by atoms with Crippen LogP contribution in [-0.4, -0.2) is 12.5 Å². The normalized spacial score (nSPS) is 10.2. The van der Waals surface area contributed by atoms with E-state index < -0.39 is 0 Å². The highest BCUT2D eigenvalue weighted by atomic mass is 79.9. The second kappa shape index (κ2) is 6.19. The number of amides is 1. The molecule has 0 bridgehead atoms. The maximum atomic E-state index is 11.2. The Hall–Kier alpha value is -1.35. The van der Waals surface area contributed by atoms with Crippen molar-refractivity contribution in [2.75, 3.05) is 6.54 Å². The summed E-state index contributed by atoms with van der Waals surface area (Å²) in [6.07, 6.45) is 4.92. The van der Waals surface area contributed by atoms with Gasteiger partial charge in [0, 0.05) is 17.1 Å². The second-order valence-electron chi connectivity index (χ2n) is 2.92. The summed E-state index contributed by atoms with van der Waals surface area (Å²) in [7, 11) is 0. The SMILES string of the molecule is C=CCNC(=O)/C=C\c1ccc(Br)cc1. The number of benzene rings is 1. The van der Waals surface area contributed by atoms with Gasteiger partial charge in [0.2, 0.25) is 5.91 Å². The number of carbonyl (C=O) groups excluding carboxylic acids is 1. The highest BCUT2D eigenvalue weighted by Crippen LogP contribution is 2.11. The topological polar surface area (TPSA) is 29.1 Å². The smallest absolute Gasteiger partial charge is 0.244 e. The average Bonchev–Trinajstić information content (AvgIpc) is 2.25. The lowest BCUT2D eigenvalue weighted by atomic mass is 10.2. The fourth-order valence-electron chi connectivity index (χ4n) is 0.977. The number of nitrogens with one attached hydrogen (secondary N) is 1. The molecule has 0 unspecified atom stereocenters. The van der Waals surface area contributed by atoms with Crippen molar-refractivity contribution in [1.29, 1.82) is 0 Å². The summed E-state index contributed by atoms with van der Waals surface area (Å²) >= 11 is 3.35. The van der Waals surface area contributed by atoms with Crippen LogP contribution in [0, 0.1) is 0 Å². The highest BCUT2D eigenvalue weighted by Gasteiger charge is 1.92. The Labute approximate surface area is 97.8 Å². The van der Waals surface area contributed by atoms with E-state index in [0.717, 1.165) is 10.0 Å². The van der Waals surface area contributed by atoms with E-state index >= 15 is 0 Å². The molecule has 15 heavy (non-hydrogen) atoms. The van der Waals surface area contributed by atoms with Crippen LogP contribution in [0.15, 0.2) is 47.5 Å². The van der Waals surface area contributed by atoms with Crippen LogP contribution < -0.4 is 5.32 Å². The van der Waals surface area contributed by atoms with Crippen molar-refractivity contribution in [2.45, 2.75) is 0 Å². The second-order valence-corrected chi connectivity index (χ2v) is 3.83. The minimum absolute atomic E-state index is 0.113. The Kier molecular flexibility index (Phi) is 4.84. The predicted octanol–water partition coefficient (Wildman–Crippen LogP) is 2.76. The first-order valence-electron chi connectivity index (χ1n) is 4.55. The third kappa shape index (κ3) is 4.61. The summed E-state index contributed by atoms with van der Waals surface area (Å²) in [5.74, 6) is -0.113. The quantitative estimate of drug-likeness (QED) is 0.659. The number of hydrogen-bond donors (Lipinski definition) is 1. The van der Waals surface area contributed by atoms with Crippen LogP contribution in [0.25, 0.3) is 6.08 Å². The molecule has 0 atom stereocenters. The Morgan fingerprint density at radius 2 is 2.07 bits per heavy atom. The van der Waals surface area contributed by atoms with Gasteiger partial charge in [-0.1, -0.05) is 34.1 Å². The lowest BCUT2D eigenvalue weighted by molar-refractivity contribution is -0.116. The molecule has 0 heterocycles. The molecule has 0 aromatic heterocycles. The van der Waals surface area contributed by atoms with Crippen molar-refractivity contribution < 1.29 is 4.79 Å². The molecule has 1 N–H and O–H groups in total. The highest BCUT2D eigenvalue weighted by molar-refractivity contribution is 9.10.